The minimum Gasteiger partial charge on any atom is -0.354 e. The molecule has 0 radical (unpaired) electrons. The van der Waals surface area contributed by atoms with Gasteiger partial charge in [-0.15, -0.1) is 0 Å². The number of rotatable bonds is 6. The van der Waals surface area contributed by atoms with Gasteiger partial charge in [0.2, 0.25) is 11.0 Å². The summed E-state index contributed by atoms with van der Waals surface area (Å²) in [6.07, 6.45) is 2.25. The van der Waals surface area contributed by atoms with Crippen molar-refractivity contribution >= 4 is 22.8 Å². The fourth-order valence-corrected chi connectivity index (χ4v) is 2.90. The topological polar surface area (TPSA) is 46.2 Å². The number of nitrogens with one attached hydrogen (secondary N) is 1. The molecule has 1 rings (SSSR count). The third-order valence-electron chi connectivity index (χ3n) is 4.77. The van der Waals surface area contributed by atoms with Gasteiger partial charge in [0.15, 0.2) is 0 Å². The summed E-state index contributed by atoms with van der Waals surface area (Å²) in [4.78, 5) is 23.9. The van der Waals surface area contributed by atoms with Crippen LogP contribution in [-0.2, 0) is 10.2 Å². The maximum absolute atomic E-state index is 12.2. The van der Waals surface area contributed by atoms with Crippen LogP contribution in [0.2, 0.25) is 0 Å². The van der Waals surface area contributed by atoms with E-state index in [1.54, 1.807) is 6.26 Å². The van der Waals surface area contributed by atoms with E-state index in [4.69, 9.17) is 0 Å². The molecular weight excluding hydrogens is 306 g/mol. The molecule has 0 aliphatic rings. The van der Waals surface area contributed by atoms with Gasteiger partial charge >= 0.3 is 0 Å². The van der Waals surface area contributed by atoms with Gasteiger partial charge in [-0.25, -0.2) is 0 Å². The van der Waals surface area contributed by atoms with Crippen LogP contribution < -0.4 is 5.32 Å². The molecule has 0 aromatic heterocycles. The maximum Gasteiger partial charge on any atom is 0.220 e. The first-order valence-electron chi connectivity index (χ1n) is 7.99. The summed E-state index contributed by atoms with van der Waals surface area (Å²) in [5.41, 5.74) is 1.45. The van der Waals surface area contributed by atoms with Crippen molar-refractivity contribution in [1.29, 1.82) is 0 Å². The molecule has 128 valence electrons. The van der Waals surface area contributed by atoms with Gasteiger partial charge in [-0.2, -0.15) is 0 Å². The summed E-state index contributed by atoms with van der Waals surface area (Å²) in [6, 6.07) is 7.91. The standard InChI is InChI=1S/C19H29NO2S/c1-13(2)20-16(21)12-18(3,4)19(5,6)15-10-8-14(9-11-15)17(22)23-7/h8-11,13H,12H2,1-7H3,(H,20,21). The molecule has 0 fully saturated rings. The highest BCUT2D eigenvalue weighted by Gasteiger charge is 2.39. The van der Waals surface area contributed by atoms with Crippen LogP contribution in [0.4, 0.5) is 0 Å². The predicted octanol–water partition coefficient (Wildman–Crippen LogP) is 4.41. The molecule has 1 aromatic rings. The Kier molecular flexibility index (Phi) is 6.46. The van der Waals surface area contributed by atoms with Crippen molar-refractivity contribution < 1.29 is 9.59 Å². The molecule has 4 heteroatoms. The molecule has 0 saturated heterocycles. The van der Waals surface area contributed by atoms with E-state index in [1.165, 1.54) is 11.8 Å². The summed E-state index contributed by atoms with van der Waals surface area (Å²) in [5.74, 6) is 0.0762. The van der Waals surface area contributed by atoms with Gasteiger partial charge in [0, 0.05) is 18.0 Å². The molecule has 0 aliphatic carbocycles. The summed E-state index contributed by atoms with van der Waals surface area (Å²) in [7, 11) is 0. The SMILES string of the molecule is CSC(=O)c1ccc(C(C)(C)C(C)(C)CC(=O)NC(C)C)cc1. The number of amides is 1. The molecule has 0 bridgehead atoms. The first-order valence-corrected chi connectivity index (χ1v) is 9.22. The molecule has 0 spiro atoms. The van der Waals surface area contributed by atoms with Crippen LogP contribution in [0.1, 0.15) is 63.9 Å². The Balaban J connectivity index is 2.99. The Labute approximate surface area is 144 Å². The van der Waals surface area contributed by atoms with Crippen molar-refractivity contribution in [3.8, 4) is 0 Å². The van der Waals surface area contributed by atoms with Crippen LogP contribution in [0.3, 0.4) is 0 Å². The number of hydrogen-bond acceptors (Lipinski definition) is 3. The van der Waals surface area contributed by atoms with Crippen molar-refractivity contribution in [1.82, 2.24) is 5.32 Å². The Morgan fingerprint density at radius 3 is 2.04 bits per heavy atom. The molecule has 1 aromatic carbocycles. The van der Waals surface area contributed by atoms with E-state index >= 15 is 0 Å². The minimum absolute atomic E-state index is 0.0740. The van der Waals surface area contributed by atoms with E-state index in [2.05, 4.69) is 33.0 Å². The van der Waals surface area contributed by atoms with Crippen molar-refractivity contribution in [2.45, 2.75) is 59.4 Å². The highest BCUT2D eigenvalue weighted by Crippen LogP contribution is 2.43. The van der Waals surface area contributed by atoms with E-state index in [-0.39, 0.29) is 27.9 Å². The molecule has 0 heterocycles. The van der Waals surface area contributed by atoms with Crippen molar-refractivity contribution in [2.75, 3.05) is 6.26 Å². The smallest absolute Gasteiger partial charge is 0.220 e. The molecule has 0 aliphatic heterocycles. The summed E-state index contributed by atoms with van der Waals surface area (Å²) >= 11 is 1.22. The van der Waals surface area contributed by atoms with E-state index in [9.17, 15) is 9.59 Å². The van der Waals surface area contributed by atoms with Gasteiger partial charge in [-0.05, 0) is 36.5 Å². The molecule has 0 unspecified atom stereocenters. The van der Waals surface area contributed by atoms with E-state index in [0.29, 0.717) is 12.0 Å². The van der Waals surface area contributed by atoms with Gasteiger partial charge in [0.05, 0.1) is 0 Å². The lowest BCUT2D eigenvalue weighted by Crippen LogP contribution is -2.42. The number of benzene rings is 1. The minimum atomic E-state index is -0.211. The zero-order valence-corrected chi connectivity index (χ0v) is 16.1. The van der Waals surface area contributed by atoms with Gasteiger partial charge in [-0.1, -0.05) is 63.7 Å². The summed E-state index contributed by atoms with van der Waals surface area (Å²) in [6.45, 7) is 12.5. The first-order chi connectivity index (χ1) is 10.5. The highest BCUT2D eigenvalue weighted by molar-refractivity contribution is 8.13. The predicted molar refractivity (Wildman–Crippen MR) is 99.0 cm³/mol. The average Bonchev–Trinajstić information content (AvgIpc) is 2.44. The third kappa shape index (κ3) is 4.84. The third-order valence-corrected chi connectivity index (χ3v) is 5.38. The van der Waals surface area contributed by atoms with E-state index in [0.717, 1.165) is 5.56 Å². The van der Waals surface area contributed by atoms with Gasteiger partial charge < -0.3 is 5.32 Å². The molecule has 3 nitrogen and oxygen atoms in total. The molecule has 23 heavy (non-hydrogen) atoms. The largest absolute Gasteiger partial charge is 0.354 e. The Hall–Kier alpha value is -1.29. The van der Waals surface area contributed by atoms with Crippen molar-refractivity contribution in [2.24, 2.45) is 5.41 Å². The van der Waals surface area contributed by atoms with Gasteiger partial charge in [0.25, 0.3) is 0 Å². The lowest BCUT2D eigenvalue weighted by molar-refractivity contribution is -0.124. The number of hydrogen-bond donors (Lipinski definition) is 1. The zero-order valence-electron chi connectivity index (χ0n) is 15.3. The zero-order chi connectivity index (χ0) is 17.8. The fourth-order valence-electron chi connectivity index (χ4n) is 2.53. The highest BCUT2D eigenvalue weighted by atomic mass is 32.2. The quantitative estimate of drug-likeness (QED) is 0.837. The fraction of sp³-hybridized carbons (Fsp3) is 0.579. The van der Waals surface area contributed by atoms with E-state index in [1.807, 2.05) is 38.1 Å². The molecule has 0 atom stereocenters. The Morgan fingerprint density at radius 1 is 1.09 bits per heavy atom. The number of thioether (sulfide) groups is 1. The van der Waals surface area contributed by atoms with Gasteiger partial charge in [-0.3, -0.25) is 9.59 Å². The number of carbonyl (C=O) groups is 2. The molecule has 1 N–H and O–H groups in total. The van der Waals surface area contributed by atoms with Crippen LogP contribution in [0, 0.1) is 5.41 Å². The normalized spacial score (nSPS) is 12.3. The van der Waals surface area contributed by atoms with Crippen LogP contribution >= 0.6 is 11.8 Å². The maximum atomic E-state index is 12.2. The first kappa shape index (κ1) is 19.8. The average molecular weight is 336 g/mol. The second kappa shape index (κ2) is 7.52. The summed E-state index contributed by atoms with van der Waals surface area (Å²) in [5, 5.41) is 3.04. The Morgan fingerprint density at radius 2 is 1.61 bits per heavy atom. The van der Waals surface area contributed by atoms with Crippen LogP contribution in [-0.4, -0.2) is 23.3 Å². The summed E-state index contributed by atoms with van der Waals surface area (Å²) < 4.78 is 0. The van der Waals surface area contributed by atoms with Crippen LogP contribution in [0.25, 0.3) is 0 Å². The second-order valence-corrected chi connectivity index (χ2v) is 8.26. The van der Waals surface area contributed by atoms with Crippen molar-refractivity contribution in [3.05, 3.63) is 35.4 Å². The molecular formula is C19H29NO2S. The van der Waals surface area contributed by atoms with Crippen LogP contribution in [0.5, 0.6) is 0 Å². The van der Waals surface area contributed by atoms with E-state index < -0.39 is 0 Å². The van der Waals surface area contributed by atoms with Gasteiger partial charge in [0.1, 0.15) is 0 Å². The lowest BCUT2D eigenvalue weighted by atomic mass is 9.62. The molecule has 0 saturated carbocycles. The lowest BCUT2D eigenvalue weighted by Gasteiger charge is -2.42. The molecule has 1 amide bonds. The Bertz CT molecular complexity index is 559. The van der Waals surface area contributed by atoms with Crippen molar-refractivity contribution in [3.63, 3.8) is 0 Å². The number of carbonyl (C=O) groups excluding carboxylic acids is 2. The monoisotopic (exact) mass is 335 g/mol. The second-order valence-electron chi connectivity index (χ2n) is 7.48. The van der Waals surface area contributed by atoms with Crippen LogP contribution in [0.15, 0.2) is 24.3 Å².